The quantitative estimate of drug-likeness (QED) is 0.594. The molecule has 0 saturated heterocycles. The van der Waals surface area contributed by atoms with Crippen LogP contribution in [0, 0.1) is 5.41 Å². The van der Waals surface area contributed by atoms with Gasteiger partial charge in [-0.05, 0) is 11.6 Å². The van der Waals surface area contributed by atoms with E-state index in [0.29, 0.717) is 0 Å². The van der Waals surface area contributed by atoms with Gasteiger partial charge in [0, 0.05) is 7.11 Å². The summed E-state index contributed by atoms with van der Waals surface area (Å²) in [6.07, 6.45) is -0.209. The van der Waals surface area contributed by atoms with Crippen LogP contribution in [0.3, 0.4) is 0 Å². The van der Waals surface area contributed by atoms with Crippen molar-refractivity contribution in [3.05, 3.63) is 4.84 Å². The van der Waals surface area contributed by atoms with Crippen LogP contribution in [0.2, 0.25) is 0 Å². The number of methoxy groups -OCH3 is 1. The van der Waals surface area contributed by atoms with E-state index in [1.807, 2.05) is 20.8 Å². The Morgan fingerprint density at radius 2 is 1.89 bits per heavy atom. The van der Waals surface area contributed by atoms with Gasteiger partial charge in [-0.15, -0.1) is 0 Å². The largest absolute Gasteiger partial charge is 0.549 e. The second-order valence-corrected chi connectivity index (χ2v) is 3.25. The summed E-state index contributed by atoms with van der Waals surface area (Å²) in [6, 6.07) is 0. The average Bonchev–Trinajstić information content (AvgIpc) is 1.65. The molecule has 0 aliphatic rings. The van der Waals surface area contributed by atoms with Crippen molar-refractivity contribution in [2.75, 3.05) is 7.11 Å². The fourth-order valence-electron chi connectivity index (χ4n) is 0.540. The van der Waals surface area contributed by atoms with Crippen LogP contribution in [0.1, 0.15) is 20.8 Å². The first-order valence-electron chi connectivity index (χ1n) is 2.86. The summed E-state index contributed by atoms with van der Waals surface area (Å²) in [6.45, 7) is 6.06. The lowest BCUT2D eigenvalue weighted by Crippen LogP contribution is -2.25. The lowest BCUT2D eigenvalue weighted by molar-refractivity contribution is 0.0501. The van der Waals surface area contributed by atoms with Gasteiger partial charge in [-0.3, -0.25) is 11.8 Å². The minimum Gasteiger partial charge on any atom is -0.549 e. The molecule has 0 aromatic carbocycles. The molecular weight excluding hydrogens is 138 g/mol. The Kier molecular flexibility index (Phi) is 3.48. The van der Waals surface area contributed by atoms with Crippen LogP contribution in [0.15, 0.2) is 0 Å². The predicted octanol–water partition coefficient (Wildman–Crippen LogP) is 2.53. The van der Waals surface area contributed by atoms with Gasteiger partial charge in [0.15, 0.2) is 0 Å². The van der Waals surface area contributed by atoms with E-state index in [1.54, 1.807) is 7.11 Å². The summed E-state index contributed by atoms with van der Waals surface area (Å²) < 4.78 is 4.97. The summed E-state index contributed by atoms with van der Waals surface area (Å²) in [7, 11) is 1.60. The Balaban J connectivity index is 3.79. The lowest BCUT2D eigenvalue weighted by atomic mass is 9.95. The maximum Gasteiger partial charge on any atom is 0.0335 e. The highest BCUT2D eigenvalue weighted by Crippen LogP contribution is 2.26. The van der Waals surface area contributed by atoms with Crippen LogP contribution >= 0.6 is 11.8 Å². The topological polar surface area (TPSA) is 23.3 Å². The molecule has 0 aromatic heterocycles. The number of halogens is 1. The van der Waals surface area contributed by atoms with Gasteiger partial charge in [-0.2, -0.15) is 0 Å². The van der Waals surface area contributed by atoms with E-state index < -0.39 is 0 Å². The normalized spacial score (nSPS) is 15.7. The summed E-state index contributed by atoms with van der Waals surface area (Å²) in [5, 5.41) is 0. The second-order valence-electron chi connectivity index (χ2n) is 3.05. The zero-order valence-electron chi connectivity index (χ0n) is 6.31. The molecule has 0 aliphatic carbocycles. The molecule has 0 bridgehead atoms. The van der Waals surface area contributed by atoms with Crippen LogP contribution in [0.5, 0.6) is 0 Å². The SMILES string of the molecule is COC([N-]Cl)C(C)(C)C. The van der Waals surface area contributed by atoms with E-state index in [2.05, 4.69) is 4.84 Å². The average molecular weight is 151 g/mol. The maximum atomic E-state index is 5.25. The zero-order valence-corrected chi connectivity index (χ0v) is 7.07. The molecule has 0 amide bonds. The standard InChI is InChI=1S/C6H13ClNO/c1-6(2,3)5(8-7)9-4/h5H,1-4H3/q-1. The molecule has 2 nitrogen and oxygen atoms in total. The van der Waals surface area contributed by atoms with Crippen molar-refractivity contribution >= 4 is 11.8 Å². The number of nitrogens with zero attached hydrogens (tertiary/aromatic N) is 1. The summed E-state index contributed by atoms with van der Waals surface area (Å²) in [4.78, 5) is 3.53. The number of ether oxygens (including phenoxy) is 1. The van der Waals surface area contributed by atoms with Gasteiger partial charge < -0.3 is 9.57 Å². The molecular formula is C6H13ClNO-. The molecule has 0 aromatic rings. The summed E-state index contributed by atoms with van der Waals surface area (Å²) >= 11 is 5.25. The monoisotopic (exact) mass is 150 g/mol. The van der Waals surface area contributed by atoms with Crippen molar-refractivity contribution in [2.24, 2.45) is 5.41 Å². The first-order chi connectivity index (χ1) is 4.02. The van der Waals surface area contributed by atoms with E-state index in [9.17, 15) is 0 Å². The van der Waals surface area contributed by atoms with Crippen molar-refractivity contribution in [2.45, 2.75) is 27.0 Å². The Hall–Kier alpha value is 0.210. The van der Waals surface area contributed by atoms with E-state index in [-0.39, 0.29) is 11.6 Å². The molecule has 0 saturated carbocycles. The van der Waals surface area contributed by atoms with E-state index in [4.69, 9.17) is 16.5 Å². The highest BCUT2D eigenvalue weighted by molar-refractivity contribution is 6.25. The van der Waals surface area contributed by atoms with Crippen LogP contribution in [-0.2, 0) is 4.74 Å². The molecule has 3 heteroatoms. The van der Waals surface area contributed by atoms with Crippen molar-refractivity contribution < 1.29 is 4.74 Å². The van der Waals surface area contributed by atoms with Crippen LogP contribution < -0.4 is 0 Å². The molecule has 9 heavy (non-hydrogen) atoms. The molecule has 0 rings (SSSR count). The molecule has 0 heterocycles. The zero-order chi connectivity index (χ0) is 7.49. The van der Waals surface area contributed by atoms with Gasteiger partial charge >= 0.3 is 0 Å². The van der Waals surface area contributed by atoms with Gasteiger partial charge in [-0.1, -0.05) is 20.8 Å². The molecule has 56 valence electrons. The Morgan fingerprint density at radius 1 is 1.44 bits per heavy atom. The van der Waals surface area contributed by atoms with Gasteiger partial charge in [0.1, 0.15) is 0 Å². The van der Waals surface area contributed by atoms with Crippen LogP contribution in [0.4, 0.5) is 0 Å². The Bertz CT molecular complexity index is 75.6. The minimum atomic E-state index is -0.209. The molecule has 0 aliphatic heterocycles. The number of hydrogen-bond acceptors (Lipinski definition) is 1. The smallest absolute Gasteiger partial charge is 0.0335 e. The third kappa shape index (κ3) is 3.04. The maximum absolute atomic E-state index is 5.25. The third-order valence-corrected chi connectivity index (χ3v) is 1.23. The highest BCUT2D eigenvalue weighted by Gasteiger charge is 2.15. The van der Waals surface area contributed by atoms with Crippen molar-refractivity contribution in [3.8, 4) is 0 Å². The van der Waals surface area contributed by atoms with E-state index in [0.717, 1.165) is 0 Å². The van der Waals surface area contributed by atoms with Crippen molar-refractivity contribution in [3.63, 3.8) is 0 Å². The Morgan fingerprint density at radius 3 is 1.89 bits per heavy atom. The molecule has 1 atom stereocenters. The molecule has 1 unspecified atom stereocenters. The lowest BCUT2D eigenvalue weighted by Gasteiger charge is -2.37. The van der Waals surface area contributed by atoms with Gasteiger partial charge in [0.05, 0.1) is 0 Å². The van der Waals surface area contributed by atoms with Crippen molar-refractivity contribution in [1.29, 1.82) is 0 Å². The van der Waals surface area contributed by atoms with Gasteiger partial charge in [-0.25, -0.2) is 0 Å². The summed E-state index contributed by atoms with van der Waals surface area (Å²) in [5.74, 6) is 0. The van der Waals surface area contributed by atoms with E-state index in [1.165, 1.54) is 0 Å². The Labute approximate surface area is 61.6 Å². The second kappa shape index (κ2) is 3.40. The third-order valence-electron chi connectivity index (χ3n) is 1.05. The van der Waals surface area contributed by atoms with E-state index >= 15 is 0 Å². The molecule has 0 fully saturated rings. The molecule has 0 radical (unpaired) electrons. The first-order valence-corrected chi connectivity index (χ1v) is 3.20. The van der Waals surface area contributed by atoms with Gasteiger partial charge in [0.2, 0.25) is 0 Å². The predicted molar refractivity (Wildman–Crippen MR) is 39.5 cm³/mol. The minimum absolute atomic E-state index is 0.00347. The fourth-order valence-corrected chi connectivity index (χ4v) is 0.912. The van der Waals surface area contributed by atoms with Gasteiger partial charge in [0.25, 0.3) is 0 Å². The molecule has 0 spiro atoms. The fraction of sp³-hybridized carbons (Fsp3) is 1.00. The highest BCUT2D eigenvalue weighted by atomic mass is 35.5. The van der Waals surface area contributed by atoms with Crippen LogP contribution in [-0.4, -0.2) is 13.3 Å². The first kappa shape index (κ1) is 9.21. The number of rotatable bonds is 2. The van der Waals surface area contributed by atoms with Crippen LogP contribution in [0.25, 0.3) is 4.84 Å². The van der Waals surface area contributed by atoms with Crippen molar-refractivity contribution in [1.82, 2.24) is 0 Å². The summed E-state index contributed by atoms with van der Waals surface area (Å²) in [5.41, 5.74) is -0.00347. The molecule has 0 N–H and O–H groups in total. The number of hydrogen-bond donors (Lipinski definition) is 0.